The van der Waals surface area contributed by atoms with Gasteiger partial charge in [0.05, 0.1) is 11.7 Å². The fourth-order valence-electron chi connectivity index (χ4n) is 3.73. The van der Waals surface area contributed by atoms with Crippen LogP contribution >= 0.6 is 11.6 Å². The molecule has 6 rings (SSSR count). The van der Waals surface area contributed by atoms with Gasteiger partial charge in [-0.2, -0.15) is 5.10 Å². The van der Waals surface area contributed by atoms with Gasteiger partial charge in [-0.3, -0.25) is 5.10 Å². The van der Waals surface area contributed by atoms with E-state index < -0.39 is 0 Å². The Morgan fingerprint density at radius 2 is 1.79 bits per heavy atom. The number of aromatic amines is 1. The normalized spacial score (nSPS) is 12.5. The molecule has 5 aromatic rings. The number of hydrogen-bond donors (Lipinski definition) is 1. The first kappa shape index (κ1) is 19.3. The van der Waals surface area contributed by atoms with Crippen LogP contribution in [0.5, 0.6) is 0 Å². The van der Waals surface area contributed by atoms with Crippen molar-refractivity contribution in [2.24, 2.45) is 0 Å². The second-order valence-electron chi connectivity index (χ2n) is 7.56. The molecule has 0 fully saturated rings. The fraction of sp³-hybridized carbons (Fsp3) is 0.0833. The molecular weight excluding hydrogens is 436 g/mol. The second-order valence-corrected chi connectivity index (χ2v) is 7.95. The zero-order valence-electron chi connectivity index (χ0n) is 17.2. The molecule has 0 unspecified atom stereocenters. The Hall–Kier alpha value is -4.35. The lowest BCUT2D eigenvalue weighted by Crippen LogP contribution is -2.17. The molecule has 158 valence electrons. The molecule has 0 saturated carbocycles. The number of anilines is 1. The number of hydrogen-bond acceptors (Lipinski definition) is 7. The maximum absolute atomic E-state index is 6.03. The Morgan fingerprint density at radius 3 is 2.76 bits per heavy atom. The monoisotopic (exact) mass is 450 g/mol. The number of halogens is 1. The lowest BCUT2D eigenvalue weighted by atomic mass is 10.1. The van der Waals surface area contributed by atoms with Gasteiger partial charge in [0, 0.05) is 42.6 Å². The number of benzene rings is 1. The van der Waals surface area contributed by atoms with E-state index >= 15 is 0 Å². The molecule has 5 heterocycles. The van der Waals surface area contributed by atoms with Gasteiger partial charge in [-0.05, 0) is 53.4 Å². The number of pyridine rings is 1. The quantitative estimate of drug-likeness (QED) is 0.323. The molecule has 0 spiro atoms. The van der Waals surface area contributed by atoms with Gasteiger partial charge in [0.2, 0.25) is 5.95 Å². The van der Waals surface area contributed by atoms with E-state index in [1.165, 1.54) is 0 Å². The van der Waals surface area contributed by atoms with Crippen molar-refractivity contribution < 1.29 is 0 Å². The maximum atomic E-state index is 6.03. The Kier molecular flexibility index (Phi) is 4.67. The average molecular weight is 451 g/mol. The second kappa shape index (κ2) is 7.97. The summed E-state index contributed by atoms with van der Waals surface area (Å²) in [6, 6.07) is 11.4. The van der Waals surface area contributed by atoms with E-state index in [2.05, 4.69) is 46.9 Å². The summed E-state index contributed by atoms with van der Waals surface area (Å²) in [5.41, 5.74) is 5.36. The van der Waals surface area contributed by atoms with Crippen LogP contribution in [-0.2, 0) is 13.1 Å². The highest BCUT2D eigenvalue weighted by Gasteiger charge is 2.22. The minimum atomic E-state index is 0.487. The standard InChI is InChI=1S/C24H15ClN8/c25-22-10-17-13-33(14-18(17)11-28-22)24-27-8-6-21(31-24)23-26-7-5-19(30-23)3-1-15-2-4-20-16(9-15)12-29-32-20/h2,4-12H,13-14H2,(H,29,32). The lowest BCUT2D eigenvalue weighted by Gasteiger charge is -2.15. The summed E-state index contributed by atoms with van der Waals surface area (Å²) in [5, 5.41) is 8.48. The third-order valence-corrected chi connectivity index (χ3v) is 5.56. The number of rotatable bonds is 2. The zero-order chi connectivity index (χ0) is 22.2. The molecular formula is C24H15ClN8. The van der Waals surface area contributed by atoms with E-state index in [1.807, 2.05) is 24.3 Å². The van der Waals surface area contributed by atoms with Crippen LogP contribution in [0.15, 0.2) is 61.2 Å². The molecule has 4 aromatic heterocycles. The summed E-state index contributed by atoms with van der Waals surface area (Å²) < 4.78 is 0. The molecule has 1 aliphatic heterocycles. The van der Waals surface area contributed by atoms with Gasteiger partial charge in [-0.15, -0.1) is 0 Å². The third-order valence-electron chi connectivity index (χ3n) is 5.36. The van der Waals surface area contributed by atoms with Gasteiger partial charge in [0.15, 0.2) is 5.82 Å². The van der Waals surface area contributed by atoms with E-state index in [4.69, 9.17) is 16.6 Å². The van der Waals surface area contributed by atoms with Gasteiger partial charge in [-0.1, -0.05) is 17.5 Å². The van der Waals surface area contributed by atoms with Crippen LogP contribution in [-0.4, -0.2) is 35.1 Å². The van der Waals surface area contributed by atoms with Crippen molar-refractivity contribution >= 4 is 28.5 Å². The van der Waals surface area contributed by atoms with Crippen molar-refractivity contribution in [3.63, 3.8) is 0 Å². The highest BCUT2D eigenvalue weighted by atomic mass is 35.5. The summed E-state index contributed by atoms with van der Waals surface area (Å²) in [6.07, 6.45) is 6.98. The first-order valence-electron chi connectivity index (χ1n) is 10.2. The number of aromatic nitrogens is 7. The van der Waals surface area contributed by atoms with Crippen molar-refractivity contribution in [1.82, 2.24) is 35.1 Å². The first-order chi connectivity index (χ1) is 16.2. The molecule has 1 aromatic carbocycles. The number of nitrogens with zero attached hydrogens (tertiary/aromatic N) is 7. The molecule has 0 amide bonds. The molecule has 8 nitrogen and oxygen atoms in total. The van der Waals surface area contributed by atoms with Crippen molar-refractivity contribution in [2.75, 3.05) is 4.90 Å². The minimum absolute atomic E-state index is 0.487. The van der Waals surface area contributed by atoms with Gasteiger partial charge < -0.3 is 4.90 Å². The fourth-order valence-corrected chi connectivity index (χ4v) is 3.91. The van der Waals surface area contributed by atoms with Crippen LogP contribution < -0.4 is 4.90 Å². The average Bonchev–Trinajstić information content (AvgIpc) is 3.49. The van der Waals surface area contributed by atoms with E-state index in [-0.39, 0.29) is 0 Å². The van der Waals surface area contributed by atoms with Gasteiger partial charge >= 0.3 is 0 Å². The van der Waals surface area contributed by atoms with E-state index in [0.717, 1.165) is 27.6 Å². The third kappa shape index (κ3) is 3.86. The SMILES string of the molecule is Clc1cc2c(cn1)CN(c1nccc(-c3nccc(C#Cc4ccc5[nH]ncc5c4)n3)n1)C2. The van der Waals surface area contributed by atoms with Crippen LogP contribution in [0.25, 0.3) is 22.4 Å². The Bertz CT molecular complexity index is 1570. The van der Waals surface area contributed by atoms with E-state index in [0.29, 0.717) is 41.4 Å². The summed E-state index contributed by atoms with van der Waals surface area (Å²) in [5.74, 6) is 7.36. The molecule has 0 radical (unpaired) electrons. The van der Waals surface area contributed by atoms with Crippen molar-refractivity contribution in [1.29, 1.82) is 0 Å². The predicted molar refractivity (Wildman–Crippen MR) is 124 cm³/mol. The van der Waals surface area contributed by atoms with Crippen molar-refractivity contribution in [2.45, 2.75) is 13.1 Å². The summed E-state index contributed by atoms with van der Waals surface area (Å²) in [7, 11) is 0. The van der Waals surface area contributed by atoms with Crippen LogP contribution in [0, 0.1) is 11.8 Å². The topological polar surface area (TPSA) is 96.4 Å². The summed E-state index contributed by atoms with van der Waals surface area (Å²) >= 11 is 6.03. The van der Waals surface area contributed by atoms with Gasteiger partial charge in [0.1, 0.15) is 16.5 Å². The minimum Gasteiger partial charge on any atom is -0.332 e. The maximum Gasteiger partial charge on any atom is 0.226 e. The zero-order valence-corrected chi connectivity index (χ0v) is 18.0. The predicted octanol–water partition coefficient (Wildman–Crippen LogP) is 3.78. The number of H-pyrrole nitrogens is 1. The largest absolute Gasteiger partial charge is 0.332 e. The van der Waals surface area contributed by atoms with Gasteiger partial charge in [-0.25, -0.2) is 24.9 Å². The first-order valence-corrected chi connectivity index (χ1v) is 10.6. The smallest absolute Gasteiger partial charge is 0.226 e. The molecule has 0 saturated heterocycles. The van der Waals surface area contributed by atoms with E-state index in [1.54, 1.807) is 36.9 Å². The van der Waals surface area contributed by atoms with Crippen LogP contribution in [0.1, 0.15) is 22.4 Å². The summed E-state index contributed by atoms with van der Waals surface area (Å²) in [6.45, 7) is 1.35. The van der Waals surface area contributed by atoms with Crippen LogP contribution in [0.4, 0.5) is 5.95 Å². The molecule has 33 heavy (non-hydrogen) atoms. The Labute approximate surface area is 193 Å². The molecule has 1 N–H and O–H groups in total. The highest BCUT2D eigenvalue weighted by Crippen LogP contribution is 2.27. The molecule has 1 aliphatic rings. The Balaban J connectivity index is 1.26. The van der Waals surface area contributed by atoms with Gasteiger partial charge in [0.25, 0.3) is 0 Å². The van der Waals surface area contributed by atoms with Crippen LogP contribution in [0.3, 0.4) is 0 Å². The summed E-state index contributed by atoms with van der Waals surface area (Å²) in [4.78, 5) is 24.4. The lowest BCUT2D eigenvalue weighted by molar-refractivity contribution is 0.827. The molecule has 9 heteroatoms. The van der Waals surface area contributed by atoms with Crippen LogP contribution in [0.2, 0.25) is 5.15 Å². The molecule has 0 atom stereocenters. The van der Waals surface area contributed by atoms with Crippen molar-refractivity contribution in [3.8, 4) is 23.4 Å². The Morgan fingerprint density at radius 1 is 0.879 bits per heavy atom. The van der Waals surface area contributed by atoms with Crippen molar-refractivity contribution in [3.05, 3.63) is 88.7 Å². The van der Waals surface area contributed by atoms with E-state index in [9.17, 15) is 0 Å². The number of nitrogens with one attached hydrogen (secondary N) is 1. The molecule has 0 aliphatic carbocycles. The number of fused-ring (bicyclic) bond motifs is 2. The molecule has 0 bridgehead atoms. The highest BCUT2D eigenvalue weighted by molar-refractivity contribution is 6.29.